The van der Waals surface area contributed by atoms with Crippen LogP contribution in [0, 0.1) is 6.92 Å². The average Bonchev–Trinajstić information content (AvgIpc) is 2.78. The SMILES string of the molecule is CCCNc1nccn1-c1ccc(C)c(Cl)c1. The molecule has 0 amide bonds. The zero-order valence-corrected chi connectivity index (χ0v) is 10.8. The molecule has 2 rings (SSSR count). The summed E-state index contributed by atoms with van der Waals surface area (Å²) in [6, 6.07) is 6.01. The van der Waals surface area contributed by atoms with Crippen LogP contribution in [0.15, 0.2) is 30.6 Å². The van der Waals surface area contributed by atoms with E-state index in [1.165, 1.54) is 0 Å². The summed E-state index contributed by atoms with van der Waals surface area (Å²) in [5, 5.41) is 4.06. The zero-order chi connectivity index (χ0) is 12.3. The summed E-state index contributed by atoms with van der Waals surface area (Å²) in [4.78, 5) is 4.29. The number of nitrogens with zero attached hydrogens (tertiary/aromatic N) is 2. The molecule has 0 saturated heterocycles. The van der Waals surface area contributed by atoms with Gasteiger partial charge in [0.05, 0.1) is 0 Å². The van der Waals surface area contributed by atoms with Crippen molar-refractivity contribution in [3.8, 4) is 5.69 Å². The van der Waals surface area contributed by atoms with Crippen molar-refractivity contribution in [2.45, 2.75) is 20.3 Å². The molecule has 2 aromatic rings. The summed E-state index contributed by atoms with van der Waals surface area (Å²) in [6.45, 7) is 5.04. The topological polar surface area (TPSA) is 29.9 Å². The van der Waals surface area contributed by atoms with E-state index in [0.29, 0.717) is 0 Å². The molecule has 0 bridgehead atoms. The van der Waals surface area contributed by atoms with Gasteiger partial charge in [0, 0.05) is 29.6 Å². The predicted octanol–water partition coefficient (Wildman–Crippen LogP) is 3.66. The van der Waals surface area contributed by atoms with E-state index in [4.69, 9.17) is 11.6 Å². The van der Waals surface area contributed by atoms with Gasteiger partial charge in [0.2, 0.25) is 5.95 Å². The van der Waals surface area contributed by atoms with Crippen LogP contribution >= 0.6 is 11.6 Å². The predicted molar refractivity (Wildman–Crippen MR) is 72.1 cm³/mol. The van der Waals surface area contributed by atoms with Gasteiger partial charge in [-0.2, -0.15) is 0 Å². The number of anilines is 1. The first kappa shape index (κ1) is 12.0. The summed E-state index contributed by atoms with van der Waals surface area (Å²) in [5.74, 6) is 0.853. The lowest BCUT2D eigenvalue weighted by atomic mass is 10.2. The maximum absolute atomic E-state index is 6.13. The molecule has 0 fully saturated rings. The summed E-state index contributed by atoms with van der Waals surface area (Å²) in [5.41, 5.74) is 2.11. The molecule has 1 heterocycles. The van der Waals surface area contributed by atoms with Crippen molar-refractivity contribution in [1.29, 1.82) is 0 Å². The van der Waals surface area contributed by atoms with Crippen LogP contribution in [0.5, 0.6) is 0 Å². The monoisotopic (exact) mass is 249 g/mol. The van der Waals surface area contributed by atoms with Gasteiger partial charge < -0.3 is 5.32 Å². The minimum absolute atomic E-state index is 0.776. The molecular weight excluding hydrogens is 234 g/mol. The molecule has 0 radical (unpaired) electrons. The van der Waals surface area contributed by atoms with Gasteiger partial charge in [-0.1, -0.05) is 24.6 Å². The van der Waals surface area contributed by atoms with Crippen LogP contribution in [0.3, 0.4) is 0 Å². The third-order valence-electron chi connectivity index (χ3n) is 2.61. The van der Waals surface area contributed by atoms with Crippen molar-refractivity contribution in [2.24, 2.45) is 0 Å². The Morgan fingerprint density at radius 3 is 2.94 bits per heavy atom. The Kier molecular flexibility index (Phi) is 3.69. The molecule has 0 aliphatic heterocycles. The van der Waals surface area contributed by atoms with E-state index < -0.39 is 0 Å². The number of aryl methyl sites for hydroxylation is 1. The smallest absolute Gasteiger partial charge is 0.207 e. The van der Waals surface area contributed by atoms with Crippen LogP contribution in [0.4, 0.5) is 5.95 Å². The van der Waals surface area contributed by atoms with Gasteiger partial charge in [-0.3, -0.25) is 4.57 Å². The number of halogens is 1. The number of hydrogen-bond donors (Lipinski definition) is 1. The standard InChI is InChI=1S/C13H16ClN3/c1-3-6-15-13-16-7-8-17(13)11-5-4-10(2)12(14)9-11/h4-5,7-9H,3,6H2,1-2H3,(H,15,16). The Morgan fingerprint density at radius 1 is 1.41 bits per heavy atom. The molecular formula is C13H16ClN3. The average molecular weight is 250 g/mol. The van der Waals surface area contributed by atoms with Crippen LogP contribution in [0.25, 0.3) is 5.69 Å². The Labute approximate surface area is 106 Å². The van der Waals surface area contributed by atoms with E-state index in [0.717, 1.165) is 35.2 Å². The lowest BCUT2D eigenvalue weighted by Gasteiger charge is -2.10. The van der Waals surface area contributed by atoms with Gasteiger partial charge >= 0.3 is 0 Å². The molecule has 90 valence electrons. The van der Waals surface area contributed by atoms with Crippen LogP contribution in [-0.4, -0.2) is 16.1 Å². The van der Waals surface area contributed by atoms with Gasteiger partial charge in [-0.15, -0.1) is 0 Å². The van der Waals surface area contributed by atoms with Crippen molar-refractivity contribution in [3.05, 3.63) is 41.2 Å². The highest BCUT2D eigenvalue weighted by molar-refractivity contribution is 6.31. The number of imidazole rings is 1. The second-order valence-corrected chi connectivity index (χ2v) is 4.39. The normalized spacial score (nSPS) is 10.5. The van der Waals surface area contributed by atoms with Crippen molar-refractivity contribution in [1.82, 2.24) is 9.55 Å². The molecule has 1 N–H and O–H groups in total. The van der Waals surface area contributed by atoms with Crippen LogP contribution in [0.2, 0.25) is 5.02 Å². The van der Waals surface area contributed by atoms with E-state index in [1.54, 1.807) is 6.20 Å². The van der Waals surface area contributed by atoms with E-state index in [1.807, 2.05) is 35.9 Å². The van der Waals surface area contributed by atoms with Gasteiger partial charge in [0.1, 0.15) is 0 Å². The minimum atomic E-state index is 0.776. The Balaban J connectivity index is 2.32. The fourth-order valence-electron chi connectivity index (χ4n) is 1.61. The molecule has 1 aromatic heterocycles. The Morgan fingerprint density at radius 2 is 2.24 bits per heavy atom. The maximum Gasteiger partial charge on any atom is 0.207 e. The first-order valence-corrected chi connectivity index (χ1v) is 6.14. The number of nitrogens with one attached hydrogen (secondary N) is 1. The third-order valence-corrected chi connectivity index (χ3v) is 3.01. The first-order chi connectivity index (χ1) is 8.22. The van der Waals surface area contributed by atoms with Crippen molar-refractivity contribution >= 4 is 17.5 Å². The Bertz CT molecular complexity index is 505. The number of benzene rings is 1. The highest BCUT2D eigenvalue weighted by Crippen LogP contribution is 2.21. The largest absolute Gasteiger partial charge is 0.355 e. The van der Waals surface area contributed by atoms with E-state index in [-0.39, 0.29) is 0 Å². The van der Waals surface area contributed by atoms with Gasteiger partial charge in [0.15, 0.2) is 0 Å². The van der Waals surface area contributed by atoms with Crippen LogP contribution in [-0.2, 0) is 0 Å². The second-order valence-electron chi connectivity index (χ2n) is 3.98. The van der Waals surface area contributed by atoms with Crippen molar-refractivity contribution in [3.63, 3.8) is 0 Å². The fourth-order valence-corrected chi connectivity index (χ4v) is 1.79. The molecule has 0 aliphatic rings. The molecule has 0 spiro atoms. The van der Waals surface area contributed by atoms with E-state index >= 15 is 0 Å². The lowest BCUT2D eigenvalue weighted by molar-refractivity contribution is 0.937. The molecule has 1 aromatic carbocycles. The van der Waals surface area contributed by atoms with Crippen molar-refractivity contribution in [2.75, 3.05) is 11.9 Å². The summed E-state index contributed by atoms with van der Waals surface area (Å²) >= 11 is 6.13. The van der Waals surface area contributed by atoms with Crippen LogP contribution in [0.1, 0.15) is 18.9 Å². The lowest BCUT2D eigenvalue weighted by Crippen LogP contribution is -2.06. The molecule has 4 heteroatoms. The molecule has 0 aliphatic carbocycles. The summed E-state index contributed by atoms with van der Waals surface area (Å²) in [7, 11) is 0. The van der Waals surface area contributed by atoms with Gasteiger partial charge in [-0.25, -0.2) is 4.98 Å². The molecule has 17 heavy (non-hydrogen) atoms. The second kappa shape index (κ2) is 5.23. The fraction of sp³-hybridized carbons (Fsp3) is 0.308. The van der Waals surface area contributed by atoms with Gasteiger partial charge in [0.25, 0.3) is 0 Å². The highest BCUT2D eigenvalue weighted by Gasteiger charge is 2.05. The summed E-state index contributed by atoms with van der Waals surface area (Å²) < 4.78 is 2.00. The molecule has 0 atom stereocenters. The molecule has 0 unspecified atom stereocenters. The summed E-state index contributed by atoms with van der Waals surface area (Å²) in [6.07, 6.45) is 4.78. The molecule has 0 saturated carbocycles. The van der Waals surface area contributed by atoms with Crippen LogP contribution < -0.4 is 5.32 Å². The van der Waals surface area contributed by atoms with E-state index in [9.17, 15) is 0 Å². The minimum Gasteiger partial charge on any atom is -0.355 e. The quantitative estimate of drug-likeness (QED) is 0.896. The van der Waals surface area contributed by atoms with Gasteiger partial charge in [-0.05, 0) is 31.0 Å². The first-order valence-electron chi connectivity index (χ1n) is 5.76. The zero-order valence-electron chi connectivity index (χ0n) is 10.1. The van der Waals surface area contributed by atoms with E-state index in [2.05, 4.69) is 17.2 Å². The maximum atomic E-state index is 6.13. The number of aromatic nitrogens is 2. The van der Waals surface area contributed by atoms with Crippen molar-refractivity contribution < 1.29 is 0 Å². The highest BCUT2D eigenvalue weighted by atomic mass is 35.5. The third kappa shape index (κ3) is 2.61. The number of hydrogen-bond acceptors (Lipinski definition) is 2. The Hall–Kier alpha value is -1.48. The number of rotatable bonds is 4. The molecule has 3 nitrogen and oxygen atoms in total.